The van der Waals surface area contributed by atoms with Gasteiger partial charge in [-0.15, -0.1) is 0 Å². The van der Waals surface area contributed by atoms with Crippen molar-refractivity contribution < 1.29 is 14.6 Å². The van der Waals surface area contributed by atoms with Crippen LogP contribution in [-0.4, -0.2) is 17.7 Å². The van der Waals surface area contributed by atoms with E-state index in [1.807, 2.05) is 36.4 Å². The van der Waals surface area contributed by atoms with Crippen molar-refractivity contribution in [2.24, 2.45) is 0 Å². The van der Waals surface area contributed by atoms with Crippen LogP contribution in [-0.2, 0) is 6.42 Å². The zero-order valence-electron chi connectivity index (χ0n) is 12.3. The topological polar surface area (TPSA) is 46.5 Å². The predicted octanol–water partition coefficient (Wildman–Crippen LogP) is 4.53. The van der Waals surface area contributed by atoms with Gasteiger partial charge in [-0.05, 0) is 35.8 Å². The van der Waals surface area contributed by atoms with E-state index in [0.717, 1.165) is 22.3 Å². The molecular weight excluding hydrogens is 312 g/mol. The number of allylic oxidation sites excluding steroid dienone is 1. The number of rotatable bonds is 3. The molecule has 1 aliphatic rings. The smallest absolute Gasteiger partial charge is 0.335 e. The zero-order chi connectivity index (χ0) is 16.2. The average molecular weight is 327 g/mol. The zero-order valence-corrected chi connectivity index (χ0v) is 13.1. The highest BCUT2D eigenvalue weighted by Gasteiger charge is 2.17. The maximum Gasteiger partial charge on any atom is 0.335 e. The van der Waals surface area contributed by atoms with Crippen LogP contribution in [0, 0.1) is 0 Å². The van der Waals surface area contributed by atoms with Crippen LogP contribution >= 0.6 is 11.6 Å². The van der Waals surface area contributed by atoms with Crippen molar-refractivity contribution >= 4 is 23.1 Å². The molecule has 23 heavy (non-hydrogen) atoms. The quantitative estimate of drug-likeness (QED) is 0.901. The summed E-state index contributed by atoms with van der Waals surface area (Å²) in [4.78, 5) is 11.3. The Labute approximate surface area is 139 Å². The molecule has 1 N–H and O–H groups in total. The van der Waals surface area contributed by atoms with Gasteiger partial charge in [0.15, 0.2) is 0 Å². The third-order valence-corrected chi connectivity index (χ3v) is 3.98. The number of hydrogen-bond acceptors (Lipinski definition) is 2. The summed E-state index contributed by atoms with van der Waals surface area (Å²) in [6.45, 7) is 0.362. The summed E-state index contributed by atoms with van der Waals surface area (Å²) in [7, 11) is 0. The van der Waals surface area contributed by atoms with Crippen molar-refractivity contribution in [3.05, 3.63) is 82.4 Å². The summed E-state index contributed by atoms with van der Waals surface area (Å²) in [5.41, 5.74) is 5.51. The highest BCUT2D eigenvalue weighted by Crippen LogP contribution is 2.33. The van der Waals surface area contributed by atoms with Gasteiger partial charge in [0.05, 0.1) is 5.56 Å². The molecule has 3 rings (SSSR count). The maximum atomic E-state index is 11.3. The Balaban J connectivity index is 2.08. The summed E-state index contributed by atoms with van der Waals surface area (Å²) in [6, 6.07) is 14.9. The van der Waals surface area contributed by atoms with E-state index >= 15 is 0 Å². The van der Waals surface area contributed by atoms with Crippen molar-refractivity contribution in [3.63, 3.8) is 0 Å². The van der Waals surface area contributed by atoms with Gasteiger partial charge in [0.2, 0.25) is 0 Å². The van der Waals surface area contributed by atoms with Gasteiger partial charge in [-0.2, -0.15) is 0 Å². The van der Waals surface area contributed by atoms with Gasteiger partial charge in [0, 0.05) is 16.7 Å². The van der Waals surface area contributed by atoms with Crippen molar-refractivity contribution in [2.75, 3.05) is 6.61 Å². The second kappa shape index (κ2) is 6.71. The average Bonchev–Trinajstić information content (AvgIpc) is 2.75. The number of halogens is 1. The van der Waals surface area contributed by atoms with Gasteiger partial charge >= 0.3 is 5.97 Å². The lowest BCUT2D eigenvalue weighted by Gasteiger charge is -2.12. The molecule has 0 spiro atoms. The molecule has 1 heterocycles. The third kappa shape index (κ3) is 3.46. The Kier molecular flexibility index (Phi) is 4.49. The largest absolute Gasteiger partial charge is 0.488 e. The van der Waals surface area contributed by atoms with E-state index in [1.165, 1.54) is 5.54 Å². The molecule has 0 saturated carbocycles. The molecule has 2 aromatic rings. The van der Waals surface area contributed by atoms with E-state index in [0.29, 0.717) is 18.8 Å². The molecule has 3 nitrogen and oxygen atoms in total. The summed E-state index contributed by atoms with van der Waals surface area (Å²) in [5.74, 6) is -0.282. The lowest BCUT2D eigenvalue weighted by Crippen LogP contribution is -2.01. The van der Waals surface area contributed by atoms with Gasteiger partial charge in [0.25, 0.3) is 0 Å². The molecule has 116 valence electrons. The van der Waals surface area contributed by atoms with Gasteiger partial charge in [-0.1, -0.05) is 48.0 Å². The first-order chi connectivity index (χ1) is 11.2. The number of benzene rings is 2. The first-order valence-electron chi connectivity index (χ1n) is 7.21. The van der Waals surface area contributed by atoms with Gasteiger partial charge < -0.3 is 9.84 Å². The Morgan fingerprint density at radius 2 is 2.00 bits per heavy atom. The first-order valence-corrected chi connectivity index (χ1v) is 7.65. The summed E-state index contributed by atoms with van der Waals surface area (Å²) < 4.78 is 5.76. The van der Waals surface area contributed by atoms with Crippen LogP contribution < -0.4 is 4.74 Å². The molecule has 0 bridgehead atoms. The number of hydrogen-bond donors (Lipinski definition) is 1. The standard InChI is InChI=1S/C19H15ClO3/c20-11-14-9-16(8-13-4-2-1-3-5-13)17-10-15(19(21)22)6-7-18(17)23-12-14/h1-7,9-11H,8,12H2,(H,21,22). The molecule has 0 unspecified atom stereocenters. The lowest BCUT2D eigenvalue weighted by atomic mass is 9.95. The molecule has 4 heteroatoms. The second-order valence-electron chi connectivity index (χ2n) is 5.32. The highest BCUT2D eigenvalue weighted by atomic mass is 35.5. The minimum atomic E-state index is -0.954. The van der Waals surface area contributed by atoms with Crippen LogP contribution in [0.25, 0.3) is 5.57 Å². The summed E-state index contributed by atoms with van der Waals surface area (Å²) in [5, 5.41) is 9.24. The molecule has 0 saturated heterocycles. The Bertz CT molecular complexity index is 792. The Morgan fingerprint density at radius 3 is 2.70 bits per heavy atom. The maximum absolute atomic E-state index is 11.3. The minimum Gasteiger partial charge on any atom is -0.488 e. The molecule has 1 aliphatic heterocycles. The molecule has 0 aliphatic carbocycles. The Hall–Kier alpha value is -2.52. The van der Waals surface area contributed by atoms with Gasteiger partial charge in [0.1, 0.15) is 12.4 Å². The van der Waals surface area contributed by atoms with Gasteiger partial charge in [-0.25, -0.2) is 4.79 Å². The molecule has 2 aromatic carbocycles. The fourth-order valence-corrected chi connectivity index (χ4v) is 2.70. The number of ether oxygens (including phenoxy) is 1. The van der Waals surface area contributed by atoms with Crippen molar-refractivity contribution in [2.45, 2.75) is 6.42 Å². The normalized spacial score (nSPS) is 15.3. The SMILES string of the molecule is O=C(O)c1ccc2c(c1)C(Cc1ccccc1)=CC(=CCl)CO2. The van der Waals surface area contributed by atoms with Crippen LogP contribution in [0.1, 0.15) is 21.5 Å². The van der Waals surface area contributed by atoms with Crippen molar-refractivity contribution in [1.82, 2.24) is 0 Å². The van der Waals surface area contributed by atoms with Crippen LogP contribution in [0.3, 0.4) is 0 Å². The first kappa shape index (κ1) is 15.4. The van der Waals surface area contributed by atoms with E-state index in [9.17, 15) is 9.90 Å². The molecule has 0 atom stereocenters. The lowest BCUT2D eigenvalue weighted by molar-refractivity contribution is 0.0697. The van der Waals surface area contributed by atoms with Crippen LogP contribution in [0.5, 0.6) is 5.75 Å². The predicted molar refractivity (Wildman–Crippen MR) is 91.0 cm³/mol. The molecule has 0 fully saturated rings. The summed E-state index contributed by atoms with van der Waals surface area (Å²) >= 11 is 5.87. The number of carboxylic acid groups (broad SMARTS) is 1. The molecular formula is C19H15ClO3. The van der Waals surface area contributed by atoms with Crippen LogP contribution in [0.2, 0.25) is 0 Å². The Morgan fingerprint density at radius 1 is 1.22 bits per heavy atom. The number of carboxylic acids is 1. The van der Waals surface area contributed by atoms with Crippen molar-refractivity contribution in [3.8, 4) is 5.75 Å². The van der Waals surface area contributed by atoms with Crippen LogP contribution in [0.15, 0.2) is 65.7 Å². The van der Waals surface area contributed by atoms with Gasteiger partial charge in [-0.3, -0.25) is 0 Å². The van der Waals surface area contributed by atoms with E-state index in [4.69, 9.17) is 16.3 Å². The fourth-order valence-electron chi connectivity index (χ4n) is 2.57. The van der Waals surface area contributed by atoms with Crippen LogP contribution in [0.4, 0.5) is 0 Å². The van der Waals surface area contributed by atoms with E-state index in [-0.39, 0.29) is 5.56 Å². The second-order valence-corrected chi connectivity index (χ2v) is 5.54. The molecule has 0 aromatic heterocycles. The summed E-state index contributed by atoms with van der Waals surface area (Å²) in [6.07, 6.45) is 2.64. The van der Waals surface area contributed by atoms with Crippen molar-refractivity contribution in [1.29, 1.82) is 0 Å². The molecule has 0 radical (unpaired) electrons. The van der Waals surface area contributed by atoms with E-state index in [1.54, 1.807) is 18.2 Å². The number of fused-ring (bicyclic) bond motifs is 1. The third-order valence-electron chi connectivity index (χ3n) is 3.70. The number of aromatic carboxylic acids is 1. The minimum absolute atomic E-state index is 0.240. The van der Waals surface area contributed by atoms with E-state index in [2.05, 4.69) is 0 Å². The monoisotopic (exact) mass is 326 g/mol. The fraction of sp³-hybridized carbons (Fsp3) is 0.105. The number of carbonyl (C=O) groups is 1. The molecule has 0 amide bonds. The highest BCUT2D eigenvalue weighted by molar-refractivity contribution is 6.26. The van der Waals surface area contributed by atoms with E-state index < -0.39 is 5.97 Å².